The van der Waals surface area contributed by atoms with E-state index < -0.39 is 16.9 Å². The fourth-order valence-electron chi connectivity index (χ4n) is 3.10. The van der Waals surface area contributed by atoms with E-state index in [9.17, 15) is 19.7 Å². The first-order valence-electron chi connectivity index (χ1n) is 9.64. The van der Waals surface area contributed by atoms with Crippen molar-refractivity contribution in [2.24, 2.45) is 0 Å². The molecular formula is C21H24N4O5. The van der Waals surface area contributed by atoms with E-state index in [1.165, 1.54) is 24.3 Å². The number of piperazine rings is 1. The molecule has 1 fully saturated rings. The smallest absolute Gasteiger partial charge is 0.269 e. The lowest BCUT2D eigenvalue weighted by atomic mass is 10.1. The molecule has 0 radical (unpaired) electrons. The van der Waals surface area contributed by atoms with Gasteiger partial charge in [-0.3, -0.25) is 19.7 Å². The molecule has 0 aromatic heterocycles. The van der Waals surface area contributed by atoms with Crippen molar-refractivity contribution in [3.05, 3.63) is 64.2 Å². The molecule has 9 heteroatoms. The minimum Gasteiger partial charge on any atom is -0.481 e. The molecule has 0 unspecified atom stereocenters. The van der Waals surface area contributed by atoms with Crippen LogP contribution in [0.1, 0.15) is 17.3 Å². The Labute approximate surface area is 174 Å². The fraction of sp³-hybridized carbons (Fsp3) is 0.333. The normalized spacial score (nSPS) is 15.3. The number of carbonyl (C=O) groups excluding carboxylic acids is 2. The van der Waals surface area contributed by atoms with Crippen LogP contribution in [0.5, 0.6) is 5.75 Å². The summed E-state index contributed by atoms with van der Waals surface area (Å²) in [7, 11) is 2.02. The minimum atomic E-state index is -0.863. The van der Waals surface area contributed by atoms with Gasteiger partial charge in [0.1, 0.15) is 5.75 Å². The Morgan fingerprint density at radius 2 is 1.70 bits per heavy atom. The molecular weight excluding hydrogens is 388 g/mol. The van der Waals surface area contributed by atoms with Crippen LogP contribution in [0.25, 0.3) is 0 Å². The van der Waals surface area contributed by atoms with Gasteiger partial charge in [-0.2, -0.15) is 0 Å². The summed E-state index contributed by atoms with van der Waals surface area (Å²) in [4.78, 5) is 39.7. The Morgan fingerprint density at radius 1 is 1.07 bits per heavy atom. The van der Waals surface area contributed by atoms with E-state index in [0.717, 1.165) is 13.1 Å². The second-order valence-corrected chi connectivity index (χ2v) is 7.14. The molecule has 0 spiro atoms. The average Bonchev–Trinajstić information content (AvgIpc) is 2.74. The zero-order valence-corrected chi connectivity index (χ0v) is 16.9. The van der Waals surface area contributed by atoms with Crippen LogP contribution in [0, 0.1) is 10.1 Å². The van der Waals surface area contributed by atoms with Gasteiger partial charge in [0.15, 0.2) is 6.10 Å². The first kappa shape index (κ1) is 21.3. The lowest BCUT2D eigenvalue weighted by Gasteiger charge is -2.32. The second-order valence-electron chi connectivity index (χ2n) is 7.14. The van der Waals surface area contributed by atoms with Gasteiger partial charge in [-0.05, 0) is 38.2 Å². The summed E-state index contributed by atoms with van der Waals surface area (Å²) in [5.41, 5.74) is 0.791. The van der Waals surface area contributed by atoms with Crippen molar-refractivity contribution in [2.75, 3.05) is 38.5 Å². The Morgan fingerprint density at radius 3 is 2.33 bits per heavy atom. The van der Waals surface area contributed by atoms with Crippen molar-refractivity contribution in [1.82, 2.24) is 9.80 Å². The predicted octanol–water partition coefficient (Wildman–Crippen LogP) is 2.39. The highest BCUT2D eigenvalue weighted by molar-refractivity contribution is 6.04. The lowest BCUT2D eigenvalue weighted by molar-refractivity contribution is -0.384. The molecule has 2 amide bonds. The number of rotatable bonds is 6. The Kier molecular flexibility index (Phi) is 6.63. The SMILES string of the molecule is C[C@H](Oc1ccc([N+](=O)[O-])cc1)C(=O)Nc1ccccc1C(=O)N1CCN(C)CC1. The zero-order valence-electron chi connectivity index (χ0n) is 16.9. The van der Waals surface area contributed by atoms with E-state index in [1.807, 2.05) is 7.05 Å². The van der Waals surface area contributed by atoms with Crippen molar-refractivity contribution < 1.29 is 19.2 Å². The van der Waals surface area contributed by atoms with E-state index >= 15 is 0 Å². The Bertz CT molecular complexity index is 923. The number of nitro groups is 1. The number of nitro benzene ring substituents is 1. The molecule has 1 aliphatic heterocycles. The molecule has 2 aromatic rings. The summed E-state index contributed by atoms with van der Waals surface area (Å²) in [6.45, 7) is 4.46. The quantitative estimate of drug-likeness (QED) is 0.577. The number of likely N-dealkylation sites (N-methyl/N-ethyl adjacent to an activating group) is 1. The standard InChI is InChI=1S/C21H24N4O5/c1-15(30-17-9-7-16(8-10-17)25(28)29)20(26)22-19-6-4-3-5-18(19)21(27)24-13-11-23(2)12-14-24/h3-10,15H,11-14H2,1-2H3,(H,22,26)/t15-/m0/s1. The lowest BCUT2D eigenvalue weighted by Crippen LogP contribution is -2.47. The van der Waals surface area contributed by atoms with Crippen molar-refractivity contribution in [1.29, 1.82) is 0 Å². The molecule has 30 heavy (non-hydrogen) atoms. The number of nitrogens with zero attached hydrogens (tertiary/aromatic N) is 3. The van der Waals surface area contributed by atoms with Crippen LogP contribution in [0.3, 0.4) is 0 Å². The van der Waals surface area contributed by atoms with E-state index in [4.69, 9.17) is 4.74 Å². The van der Waals surface area contributed by atoms with Crippen molar-refractivity contribution in [3.8, 4) is 5.75 Å². The number of para-hydroxylation sites is 1. The van der Waals surface area contributed by atoms with Crippen LogP contribution < -0.4 is 10.1 Å². The molecule has 1 aliphatic rings. The van der Waals surface area contributed by atoms with E-state index in [1.54, 1.807) is 36.1 Å². The van der Waals surface area contributed by atoms with Gasteiger partial charge in [-0.25, -0.2) is 0 Å². The van der Waals surface area contributed by atoms with Crippen molar-refractivity contribution in [3.63, 3.8) is 0 Å². The van der Waals surface area contributed by atoms with Gasteiger partial charge in [-0.1, -0.05) is 12.1 Å². The highest BCUT2D eigenvalue weighted by atomic mass is 16.6. The minimum absolute atomic E-state index is 0.0594. The maximum atomic E-state index is 12.9. The van der Waals surface area contributed by atoms with Gasteiger partial charge in [0.25, 0.3) is 17.5 Å². The first-order valence-corrected chi connectivity index (χ1v) is 9.64. The third kappa shape index (κ3) is 5.12. The number of amides is 2. The molecule has 1 heterocycles. The Balaban J connectivity index is 1.66. The molecule has 0 saturated carbocycles. The third-order valence-corrected chi connectivity index (χ3v) is 4.94. The molecule has 1 atom stereocenters. The summed E-state index contributed by atoms with van der Waals surface area (Å²) < 4.78 is 5.58. The highest BCUT2D eigenvalue weighted by Crippen LogP contribution is 2.21. The van der Waals surface area contributed by atoms with Gasteiger partial charge in [-0.15, -0.1) is 0 Å². The molecule has 3 rings (SSSR count). The summed E-state index contributed by atoms with van der Waals surface area (Å²) in [6, 6.07) is 12.4. The molecule has 158 valence electrons. The molecule has 2 aromatic carbocycles. The zero-order chi connectivity index (χ0) is 21.7. The monoisotopic (exact) mass is 412 g/mol. The number of benzene rings is 2. The largest absolute Gasteiger partial charge is 0.481 e. The van der Waals surface area contributed by atoms with Gasteiger partial charge in [0, 0.05) is 38.3 Å². The van der Waals surface area contributed by atoms with Gasteiger partial charge >= 0.3 is 0 Å². The summed E-state index contributed by atoms with van der Waals surface area (Å²) >= 11 is 0. The third-order valence-electron chi connectivity index (χ3n) is 4.94. The summed E-state index contributed by atoms with van der Waals surface area (Å²) in [5.74, 6) is -0.208. The molecule has 0 bridgehead atoms. The molecule has 1 saturated heterocycles. The van der Waals surface area contributed by atoms with Crippen LogP contribution >= 0.6 is 0 Å². The van der Waals surface area contributed by atoms with Crippen LogP contribution in [0.2, 0.25) is 0 Å². The fourth-order valence-corrected chi connectivity index (χ4v) is 3.10. The number of ether oxygens (including phenoxy) is 1. The van der Waals surface area contributed by atoms with Crippen molar-refractivity contribution in [2.45, 2.75) is 13.0 Å². The van der Waals surface area contributed by atoms with Crippen LogP contribution in [-0.4, -0.2) is 65.9 Å². The van der Waals surface area contributed by atoms with Crippen LogP contribution in [-0.2, 0) is 4.79 Å². The summed E-state index contributed by atoms with van der Waals surface area (Å²) in [6.07, 6.45) is -0.863. The number of hydrogen-bond acceptors (Lipinski definition) is 6. The number of nitrogens with one attached hydrogen (secondary N) is 1. The maximum Gasteiger partial charge on any atom is 0.269 e. The van der Waals surface area contributed by atoms with E-state index in [2.05, 4.69) is 10.2 Å². The Hall–Kier alpha value is -3.46. The molecule has 0 aliphatic carbocycles. The highest BCUT2D eigenvalue weighted by Gasteiger charge is 2.24. The predicted molar refractivity (Wildman–Crippen MR) is 112 cm³/mol. The van der Waals surface area contributed by atoms with Gasteiger partial charge < -0.3 is 19.9 Å². The number of non-ortho nitro benzene ring substituents is 1. The summed E-state index contributed by atoms with van der Waals surface area (Å²) in [5, 5.41) is 13.5. The maximum absolute atomic E-state index is 12.9. The molecule has 1 N–H and O–H groups in total. The van der Waals surface area contributed by atoms with Gasteiger partial charge in [0.2, 0.25) is 0 Å². The van der Waals surface area contributed by atoms with E-state index in [0.29, 0.717) is 30.1 Å². The second kappa shape index (κ2) is 9.36. The average molecular weight is 412 g/mol. The number of hydrogen-bond donors (Lipinski definition) is 1. The number of anilines is 1. The van der Waals surface area contributed by atoms with Gasteiger partial charge in [0.05, 0.1) is 16.2 Å². The topological polar surface area (TPSA) is 105 Å². The first-order chi connectivity index (χ1) is 14.3. The van der Waals surface area contributed by atoms with Crippen molar-refractivity contribution >= 4 is 23.2 Å². The number of carbonyl (C=O) groups is 2. The molecule has 9 nitrogen and oxygen atoms in total. The van der Waals surface area contributed by atoms with E-state index in [-0.39, 0.29) is 11.6 Å². The van der Waals surface area contributed by atoms with Crippen LogP contribution in [0.4, 0.5) is 11.4 Å². The van der Waals surface area contributed by atoms with Crippen LogP contribution in [0.15, 0.2) is 48.5 Å².